The Kier molecular flexibility index (Phi) is 4.17. The molecule has 1 fully saturated rings. The van der Waals surface area contributed by atoms with Gasteiger partial charge in [0.05, 0.1) is 5.60 Å². The molecule has 1 aliphatic carbocycles. The van der Waals surface area contributed by atoms with E-state index in [9.17, 15) is 5.11 Å². The van der Waals surface area contributed by atoms with E-state index in [4.69, 9.17) is 0 Å². The van der Waals surface area contributed by atoms with E-state index in [2.05, 4.69) is 29.1 Å². The van der Waals surface area contributed by atoms with Gasteiger partial charge in [-0.3, -0.25) is 0 Å². The van der Waals surface area contributed by atoms with Gasteiger partial charge in [0.25, 0.3) is 0 Å². The van der Waals surface area contributed by atoms with Gasteiger partial charge >= 0.3 is 0 Å². The summed E-state index contributed by atoms with van der Waals surface area (Å²) < 4.78 is 0. The summed E-state index contributed by atoms with van der Waals surface area (Å²) in [6, 6.07) is 1.95. The maximum Gasteiger partial charge on any atom is 0.129 e. The number of aromatic nitrogens is 2. The molecule has 1 aromatic rings. The summed E-state index contributed by atoms with van der Waals surface area (Å²) in [5.41, 5.74) is 0.459. The van der Waals surface area contributed by atoms with Gasteiger partial charge in [-0.25, -0.2) is 9.97 Å². The van der Waals surface area contributed by atoms with Crippen molar-refractivity contribution in [1.29, 1.82) is 0 Å². The maximum atomic E-state index is 10.5. The maximum absolute atomic E-state index is 10.5. The van der Waals surface area contributed by atoms with Crippen LogP contribution in [0.25, 0.3) is 0 Å². The summed E-state index contributed by atoms with van der Waals surface area (Å²) in [4.78, 5) is 8.35. The molecule has 0 saturated heterocycles. The lowest BCUT2D eigenvalue weighted by Crippen LogP contribution is -2.40. The minimum absolute atomic E-state index is 0.566. The lowest BCUT2D eigenvalue weighted by Gasteiger charge is -2.35. The Morgan fingerprint density at radius 1 is 1.39 bits per heavy atom. The van der Waals surface area contributed by atoms with Crippen molar-refractivity contribution < 1.29 is 5.11 Å². The molecule has 1 aromatic heterocycles. The third-order valence-electron chi connectivity index (χ3n) is 3.89. The molecule has 4 nitrogen and oxygen atoms in total. The number of nitrogens with one attached hydrogen (secondary N) is 1. The van der Waals surface area contributed by atoms with E-state index in [1.54, 1.807) is 6.33 Å². The molecule has 0 spiro atoms. The fourth-order valence-corrected chi connectivity index (χ4v) is 2.42. The fraction of sp³-hybridized carbons (Fsp3) is 0.714. The van der Waals surface area contributed by atoms with Gasteiger partial charge in [0, 0.05) is 18.3 Å². The van der Waals surface area contributed by atoms with E-state index in [0.29, 0.717) is 6.54 Å². The van der Waals surface area contributed by atoms with Crippen LogP contribution < -0.4 is 5.32 Å². The first kappa shape index (κ1) is 13.3. The lowest BCUT2D eigenvalue weighted by atomic mass is 9.79. The topological polar surface area (TPSA) is 58.0 Å². The van der Waals surface area contributed by atoms with Crippen LogP contribution in [0.5, 0.6) is 0 Å². The minimum atomic E-state index is -0.566. The standard InChI is InChI=1S/C14H23N3O/c1-3-12-8-13(17-10-16-12)15-9-14(18)6-4-11(2)5-7-14/h8,10-11,18H,3-7,9H2,1-2H3,(H,15,16,17). The van der Waals surface area contributed by atoms with Crippen LogP contribution in [-0.4, -0.2) is 27.2 Å². The van der Waals surface area contributed by atoms with Crippen LogP contribution in [-0.2, 0) is 6.42 Å². The van der Waals surface area contributed by atoms with Gasteiger partial charge in [0.1, 0.15) is 12.1 Å². The summed E-state index contributed by atoms with van der Waals surface area (Å²) in [6.45, 7) is 4.91. The van der Waals surface area contributed by atoms with E-state index >= 15 is 0 Å². The van der Waals surface area contributed by atoms with Crippen molar-refractivity contribution in [1.82, 2.24) is 9.97 Å². The molecule has 2 rings (SSSR count). The average Bonchev–Trinajstić information content (AvgIpc) is 2.41. The average molecular weight is 249 g/mol. The molecule has 1 aliphatic rings. The van der Waals surface area contributed by atoms with Crippen molar-refractivity contribution >= 4 is 5.82 Å². The lowest BCUT2D eigenvalue weighted by molar-refractivity contribution is 0.00494. The number of aryl methyl sites for hydroxylation is 1. The van der Waals surface area contributed by atoms with Gasteiger partial charge < -0.3 is 10.4 Å². The monoisotopic (exact) mass is 249 g/mol. The van der Waals surface area contributed by atoms with Crippen molar-refractivity contribution in [2.75, 3.05) is 11.9 Å². The summed E-state index contributed by atoms with van der Waals surface area (Å²) in [5.74, 6) is 1.56. The molecule has 0 atom stereocenters. The highest BCUT2D eigenvalue weighted by molar-refractivity contribution is 5.35. The molecule has 4 heteroatoms. The molecule has 0 bridgehead atoms. The zero-order valence-corrected chi connectivity index (χ0v) is 11.3. The van der Waals surface area contributed by atoms with Gasteiger partial charge in [-0.1, -0.05) is 13.8 Å². The number of aliphatic hydroxyl groups is 1. The minimum Gasteiger partial charge on any atom is -0.388 e. The highest BCUT2D eigenvalue weighted by atomic mass is 16.3. The van der Waals surface area contributed by atoms with E-state index in [1.165, 1.54) is 0 Å². The van der Waals surface area contributed by atoms with Crippen LogP contribution in [0.2, 0.25) is 0 Å². The summed E-state index contributed by atoms with van der Waals surface area (Å²) in [6.07, 6.45) is 6.47. The predicted molar refractivity (Wildman–Crippen MR) is 72.5 cm³/mol. The number of hydrogen-bond donors (Lipinski definition) is 2. The molecule has 2 N–H and O–H groups in total. The normalized spacial score (nSPS) is 28.1. The van der Waals surface area contributed by atoms with Gasteiger partial charge in [0.15, 0.2) is 0 Å². The number of anilines is 1. The van der Waals surface area contributed by atoms with Gasteiger partial charge in [0.2, 0.25) is 0 Å². The van der Waals surface area contributed by atoms with Gasteiger partial charge in [-0.2, -0.15) is 0 Å². The van der Waals surface area contributed by atoms with Crippen LogP contribution >= 0.6 is 0 Å². The molecule has 1 saturated carbocycles. The zero-order chi connectivity index (χ0) is 13.0. The number of hydrogen-bond acceptors (Lipinski definition) is 4. The Morgan fingerprint density at radius 3 is 2.78 bits per heavy atom. The van der Waals surface area contributed by atoms with Gasteiger partial charge in [-0.05, 0) is 38.0 Å². The van der Waals surface area contributed by atoms with Crippen molar-refractivity contribution in [2.24, 2.45) is 5.92 Å². The van der Waals surface area contributed by atoms with Crippen molar-refractivity contribution in [3.8, 4) is 0 Å². The quantitative estimate of drug-likeness (QED) is 0.860. The molecule has 100 valence electrons. The molecule has 18 heavy (non-hydrogen) atoms. The molecular formula is C14H23N3O. The van der Waals surface area contributed by atoms with Crippen LogP contribution in [0.3, 0.4) is 0 Å². The van der Waals surface area contributed by atoms with Crippen LogP contribution in [0.1, 0.15) is 45.2 Å². The molecule has 0 unspecified atom stereocenters. The Labute approximate surface area is 109 Å². The Balaban J connectivity index is 1.90. The first-order valence-corrected chi connectivity index (χ1v) is 6.88. The molecule has 0 aliphatic heterocycles. The molecule has 0 aromatic carbocycles. The van der Waals surface area contributed by atoms with Crippen molar-refractivity contribution in [3.05, 3.63) is 18.1 Å². The van der Waals surface area contributed by atoms with Crippen LogP contribution in [0.4, 0.5) is 5.82 Å². The highest BCUT2D eigenvalue weighted by Crippen LogP contribution is 2.31. The Morgan fingerprint density at radius 2 is 2.11 bits per heavy atom. The Hall–Kier alpha value is -1.16. The molecule has 1 heterocycles. The molecule has 0 amide bonds. The van der Waals surface area contributed by atoms with Crippen molar-refractivity contribution in [3.63, 3.8) is 0 Å². The van der Waals surface area contributed by atoms with Gasteiger partial charge in [-0.15, -0.1) is 0 Å². The predicted octanol–water partition coefficient (Wildman–Crippen LogP) is 2.39. The number of nitrogens with zero attached hydrogens (tertiary/aromatic N) is 2. The van der Waals surface area contributed by atoms with E-state index in [1.807, 2.05) is 6.07 Å². The molecule has 0 radical (unpaired) electrons. The second kappa shape index (κ2) is 5.65. The largest absolute Gasteiger partial charge is 0.388 e. The molecular weight excluding hydrogens is 226 g/mol. The SMILES string of the molecule is CCc1cc(NCC2(O)CCC(C)CC2)ncn1. The highest BCUT2D eigenvalue weighted by Gasteiger charge is 2.31. The smallest absolute Gasteiger partial charge is 0.129 e. The first-order chi connectivity index (χ1) is 8.61. The second-order valence-corrected chi connectivity index (χ2v) is 5.51. The zero-order valence-electron chi connectivity index (χ0n) is 11.3. The Bertz CT molecular complexity index is 386. The van der Waals surface area contributed by atoms with Crippen molar-refractivity contribution in [2.45, 2.75) is 51.6 Å². The fourth-order valence-electron chi connectivity index (χ4n) is 2.42. The summed E-state index contributed by atoms with van der Waals surface area (Å²) in [7, 11) is 0. The number of rotatable bonds is 4. The summed E-state index contributed by atoms with van der Waals surface area (Å²) in [5, 5.41) is 13.7. The third-order valence-corrected chi connectivity index (χ3v) is 3.89. The van der Waals surface area contributed by atoms with E-state index in [0.717, 1.165) is 49.5 Å². The van der Waals surface area contributed by atoms with E-state index in [-0.39, 0.29) is 0 Å². The first-order valence-electron chi connectivity index (χ1n) is 6.88. The third kappa shape index (κ3) is 3.42. The summed E-state index contributed by atoms with van der Waals surface area (Å²) >= 11 is 0. The van der Waals surface area contributed by atoms with Crippen LogP contribution in [0, 0.1) is 5.92 Å². The van der Waals surface area contributed by atoms with Crippen LogP contribution in [0.15, 0.2) is 12.4 Å². The second-order valence-electron chi connectivity index (χ2n) is 5.51. The van der Waals surface area contributed by atoms with E-state index < -0.39 is 5.60 Å².